The van der Waals surface area contributed by atoms with Gasteiger partial charge in [0.2, 0.25) is 0 Å². The van der Waals surface area contributed by atoms with Crippen LogP contribution < -0.4 is 11.1 Å². The van der Waals surface area contributed by atoms with E-state index in [4.69, 9.17) is 5.73 Å². The molecule has 7 nitrogen and oxygen atoms in total. The molecule has 19 heavy (non-hydrogen) atoms. The van der Waals surface area contributed by atoms with Gasteiger partial charge in [0, 0.05) is 13.1 Å². The lowest BCUT2D eigenvalue weighted by molar-refractivity contribution is 0.0946. The van der Waals surface area contributed by atoms with Gasteiger partial charge in [-0.25, -0.2) is 0 Å². The highest BCUT2D eigenvalue weighted by Crippen LogP contribution is 1.94. The Morgan fingerprint density at radius 2 is 2.21 bits per heavy atom. The molecule has 0 saturated heterocycles. The lowest BCUT2D eigenvalue weighted by Crippen LogP contribution is -2.30. The highest BCUT2D eigenvalue weighted by Gasteiger charge is 2.09. The van der Waals surface area contributed by atoms with E-state index in [0.29, 0.717) is 25.3 Å². The van der Waals surface area contributed by atoms with Crippen molar-refractivity contribution in [2.45, 2.75) is 26.8 Å². The average Bonchev–Trinajstić information content (AvgIpc) is 2.88. The predicted octanol–water partition coefficient (Wildman–Crippen LogP) is -0.301. The summed E-state index contributed by atoms with van der Waals surface area (Å²) >= 11 is 0. The molecule has 1 rings (SSSR count). The van der Waals surface area contributed by atoms with Gasteiger partial charge < -0.3 is 16.0 Å². The number of amides is 1. The molecule has 0 radical (unpaired) electrons. The fraction of sp³-hybridized carbons (Fsp3) is 0.750. The summed E-state index contributed by atoms with van der Waals surface area (Å²) in [5.74, 6) is -0.178. The summed E-state index contributed by atoms with van der Waals surface area (Å²) in [6, 6.07) is 0. The Hall–Kier alpha value is -1.47. The standard InChI is InChI=1S/C12H24N6O/c1-3-17(4-2)8-5-7-14-12(19)11-10-18(9-6-13)16-15-11/h10H,3-9,13H2,1-2H3,(H,14,19). The van der Waals surface area contributed by atoms with Crippen LogP contribution in [0.5, 0.6) is 0 Å². The topological polar surface area (TPSA) is 89.1 Å². The zero-order valence-electron chi connectivity index (χ0n) is 11.8. The van der Waals surface area contributed by atoms with E-state index in [1.807, 2.05) is 0 Å². The summed E-state index contributed by atoms with van der Waals surface area (Å²) in [6.45, 7) is 9.05. The Balaban J connectivity index is 2.26. The highest BCUT2D eigenvalue weighted by atomic mass is 16.2. The normalized spacial score (nSPS) is 10.9. The number of rotatable bonds is 9. The summed E-state index contributed by atoms with van der Waals surface area (Å²) in [5, 5.41) is 10.5. The second-order valence-electron chi connectivity index (χ2n) is 4.29. The third kappa shape index (κ3) is 5.35. The molecular weight excluding hydrogens is 244 g/mol. The van der Waals surface area contributed by atoms with Crippen LogP contribution in [0, 0.1) is 0 Å². The molecule has 1 aromatic heterocycles. The number of hydrogen-bond acceptors (Lipinski definition) is 5. The zero-order valence-corrected chi connectivity index (χ0v) is 11.8. The molecule has 0 spiro atoms. The highest BCUT2D eigenvalue weighted by molar-refractivity contribution is 5.91. The van der Waals surface area contributed by atoms with Gasteiger partial charge in [-0.15, -0.1) is 5.10 Å². The van der Waals surface area contributed by atoms with Crippen LogP contribution in [-0.2, 0) is 6.54 Å². The summed E-state index contributed by atoms with van der Waals surface area (Å²) < 4.78 is 1.57. The van der Waals surface area contributed by atoms with Gasteiger partial charge in [-0.1, -0.05) is 19.1 Å². The van der Waals surface area contributed by atoms with Crippen molar-refractivity contribution >= 4 is 5.91 Å². The van der Waals surface area contributed by atoms with Gasteiger partial charge >= 0.3 is 0 Å². The summed E-state index contributed by atoms with van der Waals surface area (Å²) in [6.07, 6.45) is 2.55. The fourth-order valence-electron chi connectivity index (χ4n) is 1.78. The van der Waals surface area contributed by atoms with Gasteiger partial charge in [-0.2, -0.15) is 0 Å². The smallest absolute Gasteiger partial charge is 0.273 e. The number of carbonyl (C=O) groups is 1. The van der Waals surface area contributed by atoms with Gasteiger partial charge in [-0.05, 0) is 26.1 Å². The number of nitrogens with two attached hydrogens (primary N) is 1. The summed E-state index contributed by atoms with van der Waals surface area (Å²) in [5.41, 5.74) is 5.75. The third-order valence-corrected chi connectivity index (χ3v) is 2.96. The molecule has 0 aliphatic rings. The molecule has 0 bridgehead atoms. The lowest BCUT2D eigenvalue weighted by atomic mass is 10.3. The summed E-state index contributed by atoms with van der Waals surface area (Å²) in [4.78, 5) is 14.1. The van der Waals surface area contributed by atoms with Crippen LogP contribution >= 0.6 is 0 Å². The molecule has 1 aromatic rings. The van der Waals surface area contributed by atoms with Crippen molar-refractivity contribution < 1.29 is 4.79 Å². The zero-order chi connectivity index (χ0) is 14.1. The van der Waals surface area contributed by atoms with Crippen molar-refractivity contribution in [1.82, 2.24) is 25.2 Å². The van der Waals surface area contributed by atoms with Gasteiger partial charge in [0.25, 0.3) is 5.91 Å². The quantitative estimate of drug-likeness (QED) is 0.600. The Labute approximate surface area is 114 Å². The first-order valence-corrected chi connectivity index (χ1v) is 6.82. The second-order valence-corrected chi connectivity index (χ2v) is 4.29. The van der Waals surface area contributed by atoms with Crippen molar-refractivity contribution in [3.05, 3.63) is 11.9 Å². The molecule has 0 aliphatic heterocycles. The predicted molar refractivity (Wildman–Crippen MR) is 73.8 cm³/mol. The molecule has 1 amide bonds. The van der Waals surface area contributed by atoms with E-state index in [9.17, 15) is 4.79 Å². The minimum Gasteiger partial charge on any atom is -0.351 e. The molecule has 0 saturated carbocycles. The van der Waals surface area contributed by atoms with Crippen molar-refractivity contribution in [3.63, 3.8) is 0 Å². The largest absolute Gasteiger partial charge is 0.351 e. The maximum absolute atomic E-state index is 11.8. The number of nitrogens with one attached hydrogen (secondary N) is 1. The maximum Gasteiger partial charge on any atom is 0.273 e. The van der Waals surface area contributed by atoms with Crippen LogP contribution in [0.15, 0.2) is 6.20 Å². The number of hydrogen-bond donors (Lipinski definition) is 2. The van der Waals surface area contributed by atoms with Crippen molar-refractivity contribution in [2.24, 2.45) is 5.73 Å². The van der Waals surface area contributed by atoms with Crippen molar-refractivity contribution in [2.75, 3.05) is 32.7 Å². The molecule has 1 heterocycles. The van der Waals surface area contributed by atoms with Gasteiger partial charge in [0.1, 0.15) is 0 Å². The van der Waals surface area contributed by atoms with Crippen LogP contribution in [0.25, 0.3) is 0 Å². The third-order valence-electron chi connectivity index (χ3n) is 2.96. The monoisotopic (exact) mass is 268 g/mol. The Morgan fingerprint density at radius 3 is 2.84 bits per heavy atom. The van der Waals surface area contributed by atoms with E-state index in [1.54, 1.807) is 10.9 Å². The number of aromatic nitrogens is 3. The minimum absolute atomic E-state index is 0.178. The van der Waals surface area contributed by atoms with Crippen LogP contribution in [0.1, 0.15) is 30.8 Å². The molecule has 0 fully saturated rings. The first kappa shape index (κ1) is 15.6. The second kappa shape index (κ2) is 8.60. The van der Waals surface area contributed by atoms with Gasteiger partial charge in [0.15, 0.2) is 5.69 Å². The van der Waals surface area contributed by atoms with E-state index < -0.39 is 0 Å². The van der Waals surface area contributed by atoms with Crippen molar-refractivity contribution in [1.29, 1.82) is 0 Å². The van der Waals surface area contributed by atoms with E-state index in [1.165, 1.54) is 0 Å². The number of carbonyl (C=O) groups excluding carboxylic acids is 1. The maximum atomic E-state index is 11.8. The Morgan fingerprint density at radius 1 is 1.47 bits per heavy atom. The minimum atomic E-state index is -0.178. The van der Waals surface area contributed by atoms with Crippen LogP contribution in [0.4, 0.5) is 0 Å². The van der Waals surface area contributed by atoms with Crippen molar-refractivity contribution in [3.8, 4) is 0 Å². The first-order chi connectivity index (χ1) is 9.21. The molecule has 0 unspecified atom stereocenters. The van der Waals surface area contributed by atoms with E-state index in [0.717, 1.165) is 26.1 Å². The van der Waals surface area contributed by atoms with E-state index in [-0.39, 0.29) is 5.91 Å². The van der Waals surface area contributed by atoms with Crippen LogP contribution in [0.3, 0.4) is 0 Å². The lowest BCUT2D eigenvalue weighted by Gasteiger charge is -2.17. The molecule has 0 aromatic carbocycles. The average molecular weight is 268 g/mol. The molecule has 0 aliphatic carbocycles. The van der Waals surface area contributed by atoms with Gasteiger partial charge in [-0.3, -0.25) is 9.48 Å². The molecule has 0 atom stereocenters. The summed E-state index contributed by atoms with van der Waals surface area (Å²) in [7, 11) is 0. The van der Waals surface area contributed by atoms with Crippen LogP contribution in [-0.4, -0.2) is 58.5 Å². The molecule has 3 N–H and O–H groups in total. The number of nitrogens with zero attached hydrogens (tertiary/aromatic N) is 4. The van der Waals surface area contributed by atoms with Gasteiger partial charge in [0.05, 0.1) is 12.7 Å². The Bertz CT molecular complexity index is 374. The SMILES string of the molecule is CCN(CC)CCCNC(=O)c1cn(CCN)nn1. The Kier molecular flexibility index (Phi) is 7.06. The molecule has 108 valence electrons. The van der Waals surface area contributed by atoms with Crippen LogP contribution in [0.2, 0.25) is 0 Å². The molecule has 7 heteroatoms. The van der Waals surface area contributed by atoms with E-state index >= 15 is 0 Å². The first-order valence-electron chi connectivity index (χ1n) is 6.82. The molecular formula is C12H24N6O. The van der Waals surface area contributed by atoms with E-state index in [2.05, 4.69) is 34.4 Å². The fourth-order valence-corrected chi connectivity index (χ4v) is 1.78.